The van der Waals surface area contributed by atoms with Crippen LogP contribution in [0.2, 0.25) is 0 Å². The average molecular weight is 456 g/mol. The van der Waals surface area contributed by atoms with Crippen molar-refractivity contribution in [1.82, 2.24) is 4.90 Å². The maximum Gasteiger partial charge on any atom is 0.254 e. The fourth-order valence-electron chi connectivity index (χ4n) is 3.71. The summed E-state index contributed by atoms with van der Waals surface area (Å²) >= 11 is 0. The second-order valence-electron chi connectivity index (χ2n) is 7.72. The smallest absolute Gasteiger partial charge is 0.254 e. The SMILES string of the molecule is COCC(=O)Nc1cccc(NC(=O)C2CCN(C(=O)c3cc(OC)cc(OC)c3)CC2)c1. The van der Waals surface area contributed by atoms with Crippen LogP contribution in [0.5, 0.6) is 11.5 Å². The number of piperidine rings is 1. The fraction of sp³-hybridized carbons (Fsp3) is 0.375. The first-order valence-corrected chi connectivity index (χ1v) is 10.7. The van der Waals surface area contributed by atoms with E-state index in [-0.39, 0.29) is 30.2 Å². The Kier molecular flexibility index (Phi) is 8.26. The van der Waals surface area contributed by atoms with Gasteiger partial charge in [0.25, 0.3) is 5.91 Å². The molecule has 0 radical (unpaired) electrons. The Bertz CT molecular complexity index is 979. The molecule has 1 aliphatic heterocycles. The highest BCUT2D eigenvalue weighted by atomic mass is 16.5. The van der Waals surface area contributed by atoms with Crippen molar-refractivity contribution >= 4 is 29.1 Å². The molecule has 2 aromatic carbocycles. The van der Waals surface area contributed by atoms with Crippen LogP contribution in [0, 0.1) is 5.92 Å². The van der Waals surface area contributed by atoms with Crippen LogP contribution in [0.3, 0.4) is 0 Å². The third-order valence-corrected chi connectivity index (χ3v) is 5.44. The van der Waals surface area contributed by atoms with Crippen molar-refractivity contribution in [2.24, 2.45) is 5.92 Å². The van der Waals surface area contributed by atoms with Gasteiger partial charge in [-0.15, -0.1) is 0 Å². The van der Waals surface area contributed by atoms with Crippen LogP contribution >= 0.6 is 0 Å². The summed E-state index contributed by atoms with van der Waals surface area (Å²) in [4.78, 5) is 39.1. The van der Waals surface area contributed by atoms with Crippen molar-refractivity contribution in [2.75, 3.05) is 51.7 Å². The Morgan fingerprint density at radius 1 is 0.909 bits per heavy atom. The Morgan fingerprint density at radius 3 is 2.09 bits per heavy atom. The first-order valence-electron chi connectivity index (χ1n) is 10.7. The number of hydrogen-bond donors (Lipinski definition) is 2. The van der Waals surface area contributed by atoms with Crippen LogP contribution in [-0.4, -0.2) is 63.6 Å². The number of methoxy groups -OCH3 is 3. The summed E-state index contributed by atoms with van der Waals surface area (Å²) in [6.45, 7) is 0.906. The molecular weight excluding hydrogens is 426 g/mol. The molecule has 9 nitrogen and oxygen atoms in total. The predicted molar refractivity (Wildman–Crippen MR) is 124 cm³/mol. The highest BCUT2D eigenvalue weighted by molar-refractivity contribution is 5.97. The number of rotatable bonds is 8. The molecule has 1 heterocycles. The zero-order valence-electron chi connectivity index (χ0n) is 19.1. The lowest BCUT2D eigenvalue weighted by Crippen LogP contribution is -2.41. The van der Waals surface area contributed by atoms with Gasteiger partial charge in [-0.1, -0.05) is 6.07 Å². The molecule has 0 spiro atoms. The summed E-state index contributed by atoms with van der Waals surface area (Å²) in [6, 6.07) is 12.0. The number of nitrogens with one attached hydrogen (secondary N) is 2. The van der Waals surface area contributed by atoms with E-state index < -0.39 is 0 Å². The highest BCUT2D eigenvalue weighted by Crippen LogP contribution is 2.26. The summed E-state index contributed by atoms with van der Waals surface area (Å²) in [5.74, 6) is 0.392. The van der Waals surface area contributed by atoms with Crippen LogP contribution in [0.1, 0.15) is 23.2 Å². The van der Waals surface area contributed by atoms with E-state index in [1.807, 2.05) is 0 Å². The number of likely N-dealkylation sites (tertiary alicyclic amines) is 1. The van der Waals surface area contributed by atoms with Gasteiger partial charge in [0.2, 0.25) is 11.8 Å². The van der Waals surface area contributed by atoms with Crippen molar-refractivity contribution in [3.05, 3.63) is 48.0 Å². The molecule has 0 saturated carbocycles. The predicted octanol–water partition coefficient (Wildman–Crippen LogP) is 2.78. The Balaban J connectivity index is 1.56. The molecule has 9 heteroatoms. The molecule has 33 heavy (non-hydrogen) atoms. The Labute approximate surface area is 193 Å². The van der Waals surface area contributed by atoms with Crippen molar-refractivity contribution in [2.45, 2.75) is 12.8 Å². The van der Waals surface area contributed by atoms with Crippen LogP contribution in [0.15, 0.2) is 42.5 Å². The second-order valence-corrected chi connectivity index (χ2v) is 7.72. The third-order valence-electron chi connectivity index (χ3n) is 5.44. The number of hydrogen-bond acceptors (Lipinski definition) is 6. The van der Waals surface area contributed by atoms with Gasteiger partial charge < -0.3 is 29.7 Å². The molecule has 0 atom stereocenters. The van der Waals surface area contributed by atoms with E-state index in [2.05, 4.69) is 10.6 Å². The number of carbonyl (C=O) groups is 3. The zero-order valence-corrected chi connectivity index (χ0v) is 19.1. The summed E-state index contributed by atoms with van der Waals surface area (Å²) in [6.07, 6.45) is 1.12. The molecule has 1 aliphatic rings. The molecule has 1 saturated heterocycles. The maximum atomic E-state index is 12.9. The van der Waals surface area contributed by atoms with E-state index in [9.17, 15) is 14.4 Å². The monoisotopic (exact) mass is 455 g/mol. The quantitative estimate of drug-likeness (QED) is 0.634. The number of amides is 3. The first kappa shape index (κ1) is 24.1. The molecule has 1 fully saturated rings. The van der Waals surface area contributed by atoms with E-state index in [0.29, 0.717) is 54.4 Å². The summed E-state index contributed by atoms with van der Waals surface area (Å²) in [7, 11) is 4.52. The molecule has 0 aromatic heterocycles. The van der Waals surface area contributed by atoms with Gasteiger partial charge in [-0.25, -0.2) is 0 Å². The normalized spacial score (nSPS) is 13.8. The van der Waals surface area contributed by atoms with Crippen LogP contribution in [-0.2, 0) is 14.3 Å². The van der Waals surface area contributed by atoms with Gasteiger partial charge in [0, 0.05) is 49.1 Å². The number of anilines is 2. The van der Waals surface area contributed by atoms with Gasteiger partial charge in [-0.05, 0) is 43.2 Å². The van der Waals surface area contributed by atoms with Gasteiger partial charge in [0.05, 0.1) is 14.2 Å². The van der Waals surface area contributed by atoms with E-state index in [4.69, 9.17) is 14.2 Å². The number of carbonyl (C=O) groups excluding carboxylic acids is 3. The molecule has 0 unspecified atom stereocenters. The van der Waals surface area contributed by atoms with Crippen molar-refractivity contribution < 1.29 is 28.6 Å². The summed E-state index contributed by atoms with van der Waals surface area (Å²) in [5, 5.41) is 5.61. The minimum atomic E-state index is -0.272. The highest BCUT2D eigenvalue weighted by Gasteiger charge is 2.28. The first-order chi connectivity index (χ1) is 15.9. The van der Waals surface area contributed by atoms with Crippen molar-refractivity contribution in [3.8, 4) is 11.5 Å². The van der Waals surface area contributed by atoms with Gasteiger partial charge in [-0.3, -0.25) is 14.4 Å². The Morgan fingerprint density at radius 2 is 1.52 bits per heavy atom. The molecule has 0 bridgehead atoms. The lowest BCUT2D eigenvalue weighted by atomic mass is 9.95. The third kappa shape index (κ3) is 6.45. The van der Waals surface area contributed by atoms with Gasteiger partial charge in [-0.2, -0.15) is 0 Å². The number of nitrogens with zero attached hydrogens (tertiary/aromatic N) is 1. The minimum absolute atomic E-state index is 0.0452. The second kappa shape index (κ2) is 11.3. The van der Waals surface area contributed by atoms with E-state index >= 15 is 0 Å². The standard InChI is InChI=1S/C24H29N3O6/c1-31-15-22(28)25-18-5-4-6-19(13-18)26-23(29)16-7-9-27(10-8-16)24(30)17-11-20(32-2)14-21(12-17)33-3/h4-6,11-14,16H,7-10,15H2,1-3H3,(H,25,28)(H,26,29). The molecular formula is C24H29N3O6. The van der Waals surface area contributed by atoms with Crippen LogP contribution in [0.4, 0.5) is 11.4 Å². The molecule has 0 aliphatic carbocycles. The van der Waals surface area contributed by atoms with Gasteiger partial charge >= 0.3 is 0 Å². The van der Waals surface area contributed by atoms with Gasteiger partial charge in [0.15, 0.2) is 0 Å². The minimum Gasteiger partial charge on any atom is -0.497 e. The van der Waals surface area contributed by atoms with Crippen molar-refractivity contribution in [1.29, 1.82) is 0 Å². The van der Waals surface area contributed by atoms with Crippen LogP contribution < -0.4 is 20.1 Å². The van der Waals surface area contributed by atoms with Gasteiger partial charge in [0.1, 0.15) is 18.1 Å². The maximum absolute atomic E-state index is 12.9. The lowest BCUT2D eigenvalue weighted by molar-refractivity contribution is -0.121. The van der Waals surface area contributed by atoms with E-state index in [1.165, 1.54) is 21.3 Å². The molecule has 2 N–H and O–H groups in total. The topological polar surface area (TPSA) is 106 Å². The Hall–Kier alpha value is -3.59. The van der Waals surface area contributed by atoms with Crippen LogP contribution in [0.25, 0.3) is 0 Å². The fourth-order valence-corrected chi connectivity index (χ4v) is 3.71. The number of benzene rings is 2. The largest absolute Gasteiger partial charge is 0.497 e. The molecule has 176 valence electrons. The average Bonchev–Trinajstić information content (AvgIpc) is 2.83. The summed E-state index contributed by atoms with van der Waals surface area (Å²) < 4.78 is 15.3. The van der Waals surface area contributed by atoms with E-state index in [1.54, 1.807) is 47.4 Å². The molecule has 3 amide bonds. The summed E-state index contributed by atoms with van der Waals surface area (Å²) in [5.41, 5.74) is 1.66. The zero-order chi connectivity index (χ0) is 23.8. The molecule has 2 aromatic rings. The molecule has 3 rings (SSSR count). The van der Waals surface area contributed by atoms with E-state index in [0.717, 1.165) is 0 Å². The number of ether oxygens (including phenoxy) is 3. The lowest BCUT2D eigenvalue weighted by Gasteiger charge is -2.31. The van der Waals surface area contributed by atoms with Crippen molar-refractivity contribution in [3.63, 3.8) is 0 Å².